The Morgan fingerprint density at radius 3 is 2.73 bits per heavy atom. The van der Waals surface area contributed by atoms with Crippen LogP contribution in [0.1, 0.15) is 38.5 Å². The fourth-order valence-electron chi connectivity index (χ4n) is 3.78. The molecule has 1 atom stereocenters. The molecule has 0 saturated heterocycles. The van der Waals surface area contributed by atoms with Gasteiger partial charge in [0.2, 0.25) is 0 Å². The van der Waals surface area contributed by atoms with Crippen LogP contribution in [0.3, 0.4) is 0 Å². The van der Waals surface area contributed by atoms with Crippen LogP contribution in [0.4, 0.5) is 0 Å². The van der Waals surface area contributed by atoms with Gasteiger partial charge < -0.3 is 14.7 Å². The van der Waals surface area contributed by atoms with Crippen LogP contribution in [0.25, 0.3) is 0 Å². The number of carbonyl (C=O) groups excluding carboxylic acids is 1. The SMILES string of the molecule is CSc1ccccc1OC1=CC(=O)N(C(CC2CCCCC2)C(=O)O)C1. The summed E-state index contributed by atoms with van der Waals surface area (Å²) in [7, 11) is 0. The van der Waals surface area contributed by atoms with E-state index in [0.717, 1.165) is 30.6 Å². The van der Waals surface area contributed by atoms with Crippen molar-refractivity contribution in [2.24, 2.45) is 5.92 Å². The highest BCUT2D eigenvalue weighted by Crippen LogP contribution is 2.32. The van der Waals surface area contributed by atoms with Crippen molar-refractivity contribution in [2.45, 2.75) is 49.5 Å². The molecule has 1 aromatic rings. The average Bonchev–Trinajstić information content (AvgIpc) is 3.00. The molecular formula is C20H25NO4S. The van der Waals surface area contributed by atoms with Crippen LogP contribution in [0.15, 0.2) is 41.0 Å². The molecule has 26 heavy (non-hydrogen) atoms. The zero-order valence-electron chi connectivity index (χ0n) is 15.0. The summed E-state index contributed by atoms with van der Waals surface area (Å²) in [6, 6.07) is 6.85. The first-order chi connectivity index (χ1) is 12.6. The first-order valence-corrected chi connectivity index (χ1v) is 10.4. The Kier molecular flexibility index (Phi) is 6.25. The second kappa shape index (κ2) is 8.62. The fourth-order valence-corrected chi connectivity index (χ4v) is 4.31. The van der Waals surface area contributed by atoms with E-state index in [2.05, 4.69) is 0 Å². The first-order valence-electron chi connectivity index (χ1n) is 9.13. The summed E-state index contributed by atoms with van der Waals surface area (Å²) < 4.78 is 5.90. The van der Waals surface area contributed by atoms with E-state index in [0.29, 0.717) is 23.8 Å². The van der Waals surface area contributed by atoms with Gasteiger partial charge in [-0.2, -0.15) is 0 Å². The van der Waals surface area contributed by atoms with Crippen LogP contribution in [0, 0.1) is 5.92 Å². The van der Waals surface area contributed by atoms with Gasteiger partial charge in [0.15, 0.2) is 0 Å². The van der Waals surface area contributed by atoms with Crippen LogP contribution in [0.5, 0.6) is 5.75 Å². The van der Waals surface area contributed by atoms with Gasteiger partial charge in [-0.3, -0.25) is 4.79 Å². The molecule has 140 valence electrons. The van der Waals surface area contributed by atoms with Gasteiger partial charge in [-0.15, -0.1) is 11.8 Å². The van der Waals surface area contributed by atoms with E-state index in [1.165, 1.54) is 17.4 Å². The quantitative estimate of drug-likeness (QED) is 0.731. The van der Waals surface area contributed by atoms with Gasteiger partial charge in [0.1, 0.15) is 17.6 Å². The van der Waals surface area contributed by atoms with E-state index in [4.69, 9.17) is 4.74 Å². The number of benzene rings is 1. The van der Waals surface area contributed by atoms with E-state index in [1.54, 1.807) is 11.8 Å². The molecule has 0 aromatic heterocycles. The topological polar surface area (TPSA) is 66.8 Å². The molecule has 3 rings (SSSR count). The Morgan fingerprint density at radius 1 is 1.31 bits per heavy atom. The molecule has 1 aliphatic heterocycles. The Labute approximate surface area is 158 Å². The average molecular weight is 375 g/mol. The minimum Gasteiger partial charge on any atom is -0.480 e. The molecule has 1 aromatic carbocycles. The van der Waals surface area contributed by atoms with E-state index < -0.39 is 12.0 Å². The van der Waals surface area contributed by atoms with Crippen molar-refractivity contribution in [2.75, 3.05) is 12.8 Å². The number of hydrogen-bond donors (Lipinski definition) is 1. The third-order valence-electron chi connectivity index (χ3n) is 5.15. The number of hydrogen-bond acceptors (Lipinski definition) is 4. The minimum absolute atomic E-state index is 0.214. The Bertz CT molecular complexity index is 697. The standard InChI is InChI=1S/C20H25NO4S/c1-26-18-10-6-5-9-17(18)25-15-12-19(22)21(13-15)16(20(23)24)11-14-7-3-2-4-8-14/h5-6,9-10,12,14,16H,2-4,7-8,11,13H2,1H3,(H,23,24). The summed E-state index contributed by atoms with van der Waals surface area (Å²) in [5.41, 5.74) is 0. The summed E-state index contributed by atoms with van der Waals surface area (Å²) in [6.07, 6.45) is 9.58. The highest BCUT2D eigenvalue weighted by Gasteiger charge is 2.36. The number of ether oxygens (including phenoxy) is 1. The fraction of sp³-hybridized carbons (Fsp3) is 0.500. The molecule has 0 radical (unpaired) electrons. The van der Waals surface area contributed by atoms with Gasteiger partial charge >= 0.3 is 5.97 Å². The number of thioether (sulfide) groups is 1. The number of aliphatic carboxylic acids is 1. The molecule has 1 amide bonds. The van der Waals surface area contributed by atoms with Gasteiger partial charge in [-0.05, 0) is 30.7 Å². The van der Waals surface area contributed by atoms with Gasteiger partial charge in [-0.1, -0.05) is 44.2 Å². The highest BCUT2D eigenvalue weighted by atomic mass is 32.2. The summed E-state index contributed by atoms with van der Waals surface area (Å²) in [6.45, 7) is 0.214. The smallest absolute Gasteiger partial charge is 0.326 e. The highest BCUT2D eigenvalue weighted by molar-refractivity contribution is 7.98. The molecule has 0 spiro atoms. The molecular weight excluding hydrogens is 350 g/mol. The molecule has 1 saturated carbocycles. The molecule has 5 nitrogen and oxygen atoms in total. The predicted molar refractivity (Wildman–Crippen MR) is 101 cm³/mol. The number of para-hydroxylation sites is 1. The lowest BCUT2D eigenvalue weighted by Gasteiger charge is -2.30. The van der Waals surface area contributed by atoms with Crippen LogP contribution >= 0.6 is 11.8 Å². The number of nitrogens with zero attached hydrogens (tertiary/aromatic N) is 1. The first kappa shape index (κ1) is 18.8. The van der Waals surface area contributed by atoms with Crippen LogP contribution in [-0.2, 0) is 9.59 Å². The predicted octanol–water partition coefficient (Wildman–Crippen LogP) is 3.94. The van der Waals surface area contributed by atoms with Gasteiger partial charge in [0, 0.05) is 11.0 Å². The van der Waals surface area contributed by atoms with Crippen molar-refractivity contribution in [3.05, 3.63) is 36.1 Å². The normalized spacial score (nSPS) is 19.3. The van der Waals surface area contributed by atoms with Crippen LogP contribution in [-0.4, -0.2) is 40.7 Å². The second-order valence-corrected chi connectivity index (χ2v) is 7.77. The van der Waals surface area contributed by atoms with Crippen molar-refractivity contribution in [1.82, 2.24) is 4.90 Å². The maximum Gasteiger partial charge on any atom is 0.326 e. The van der Waals surface area contributed by atoms with Crippen molar-refractivity contribution in [1.29, 1.82) is 0 Å². The van der Waals surface area contributed by atoms with Crippen molar-refractivity contribution >= 4 is 23.6 Å². The van der Waals surface area contributed by atoms with Gasteiger partial charge in [0.05, 0.1) is 6.54 Å². The van der Waals surface area contributed by atoms with E-state index in [9.17, 15) is 14.7 Å². The monoisotopic (exact) mass is 375 g/mol. The maximum atomic E-state index is 12.4. The Hall–Kier alpha value is -1.95. The lowest BCUT2D eigenvalue weighted by molar-refractivity contribution is -0.148. The number of carbonyl (C=O) groups is 2. The summed E-state index contributed by atoms with van der Waals surface area (Å²) >= 11 is 1.57. The second-order valence-electron chi connectivity index (χ2n) is 6.92. The molecule has 1 unspecified atom stereocenters. The molecule has 1 heterocycles. The van der Waals surface area contributed by atoms with Crippen molar-refractivity contribution < 1.29 is 19.4 Å². The number of carboxylic acid groups (broad SMARTS) is 1. The molecule has 2 aliphatic rings. The molecule has 0 bridgehead atoms. The lowest BCUT2D eigenvalue weighted by atomic mass is 9.84. The minimum atomic E-state index is -0.928. The third kappa shape index (κ3) is 4.41. The van der Waals surface area contributed by atoms with Gasteiger partial charge in [0.25, 0.3) is 5.91 Å². The van der Waals surface area contributed by atoms with E-state index >= 15 is 0 Å². The number of amides is 1. The number of carboxylic acids is 1. The van der Waals surface area contributed by atoms with Gasteiger partial charge in [-0.25, -0.2) is 4.79 Å². The zero-order valence-corrected chi connectivity index (χ0v) is 15.8. The molecule has 1 aliphatic carbocycles. The van der Waals surface area contributed by atoms with E-state index in [1.807, 2.05) is 30.5 Å². The molecule has 1 fully saturated rings. The summed E-state index contributed by atoms with van der Waals surface area (Å²) in [5, 5.41) is 9.68. The summed E-state index contributed by atoms with van der Waals surface area (Å²) in [4.78, 5) is 26.6. The maximum absolute atomic E-state index is 12.4. The third-order valence-corrected chi connectivity index (χ3v) is 5.92. The Balaban J connectivity index is 1.67. The molecule has 6 heteroatoms. The lowest BCUT2D eigenvalue weighted by Crippen LogP contribution is -2.44. The molecule has 1 N–H and O–H groups in total. The summed E-state index contributed by atoms with van der Waals surface area (Å²) in [5.74, 6) is 0.388. The van der Waals surface area contributed by atoms with Crippen LogP contribution in [0.2, 0.25) is 0 Å². The Morgan fingerprint density at radius 2 is 2.04 bits per heavy atom. The van der Waals surface area contributed by atoms with Crippen molar-refractivity contribution in [3.8, 4) is 5.75 Å². The zero-order chi connectivity index (χ0) is 18.5. The largest absolute Gasteiger partial charge is 0.480 e. The van der Waals surface area contributed by atoms with Crippen LogP contribution < -0.4 is 4.74 Å². The van der Waals surface area contributed by atoms with Crippen molar-refractivity contribution in [3.63, 3.8) is 0 Å². The number of rotatable bonds is 7. The van der Waals surface area contributed by atoms with E-state index in [-0.39, 0.29) is 12.5 Å².